The van der Waals surface area contributed by atoms with Crippen LogP contribution in [0.15, 0.2) is 25.0 Å². The molecule has 0 aliphatic carbocycles. The second-order valence-electron chi connectivity index (χ2n) is 2.66. The molecule has 0 radical (unpaired) electrons. The van der Waals surface area contributed by atoms with Gasteiger partial charge in [0.1, 0.15) is 16.9 Å². The van der Waals surface area contributed by atoms with Crippen molar-refractivity contribution < 1.29 is 0 Å². The van der Waals surface area contributed by atoms with Gasteiger partial charge in [0.05, 0.1) is 18.4 Å². The van der Waals surface area contributed by atoms with Crippen molar-refractivity contribution in [1.82, 2.24) is 20.2 Å². The average molecular weight is 175 g/mol. The van der Waals surface area contributed by atoms with Crippen LogP contribution in [0.25, 0.3) is 11.0 Å². The normalized spacial score (nSPS) is 13.0. The van der Waals surface area contributed by atoms with Gasteiger partial charge in [0, 0.05) is 0 Å². The molecule has 3 N–H and O–H groups in total. The number of aromatic nitrogens is 4. The predicted molar refractivity (Wildman–Crippen MR) is 48.8 cm³/mol. The van der Waals surface area contributed by atoms with E-state index in [4.69, 9.17) is 5.73 Å². The smallest absolute Gasteiger partial charge is 0.149 e. The van der Waals surface area contributed by atoms with Crippen LogP contribution in [0.4, 0.5) is 0 Å². The lowest BCUT2D eigenvalue weighted by atomic mass is 10.3. The van der Waals surface area contributed by atoms with E-state index in [1.54, 1.807) is 18.5 Å². The number of nitrogens with one attached hydrogen (secondary N) is 1. The van der Waals surface area contributed by atoms with Gasteiger partial charge >= 0.3 is 0 Å². The van der Waals surface area contributed by atoms with Gasteiger partial charge in [-0.15, -0.1) is 6.58 Å². The second-order valence-corrected chi connectivity index (χ2v) is 2.66. The van der Waals surface area contributed by atoms with Crippen LogP contribution in [0.2, 0.25) is 0 Å². The lowest BCUT2D eigenvalue weighted by Gasteiger charge is -2.02. The maximum Gasteiger partial charge on any atom is 0.149 e. The van der Waals surface area contributed by atoms with E-state index in [1.807, 2.05) is 0 Å². The van der Waals surface area contributed by atoms with Gasteiger partial charge in [-0.3, -0.25) is 5.10 Å². The van der Waals surface area contributed by atoms with Crippen molar-refractivity contribution in [2.45, 2.75) is 6.04 Å². The van der Waals surface area contributed by atoms with Crippen LogP contribution < -0.4 is 5.73 Å². The molecular formula is C8H9N5. The molecule has 0 amide bonds. The summed E-state index contributed by atoms with van der Waals surface area (Å²) in [5, 5.41) is 6.60. The van der Waals surface area contributed by atoms with Gasteiger partial charge in [0.15, 0.2) is 0 Å². The molecule has 0 bridgehead atoms. The molecular weight excluding hydrogens is 166 g/mol. The Balaban J connectivity index is 2.53. The number of H-pyrrole nitrogens is 1. The van der Waals surface area contributed by atoms with Crippen LogP contribution in [-0.2, 0) is 0 Å². The van der Waals surface area contributed by atoms with Crippen molar-refractivity contribution >= 4 is 11.0 Å². The molecule has 2 aromatic rings. The Morgan fingerprint density at radius 3 is 3.15 bits per heavy atom. The Labute approximate surface area is 74.7 Å². The Morgan fingerprint density at radius 1 is 1.54 bits per heavy atom. The van der Waals surface area contributed by atoms with E-state index in [-0.39, 0.29) is 6.04 Å². The number of aromatic amines is 1. The molecule has 2 rings (SSSR count). The first-order valence-electron chi connectivity index (χ1n) is 3.85. The van der Waals surface area contributed by atoms with Crippen molar-refractivity contribution in [1.29, 1.82) is 0 Å². The molecule has 0 aromatic carbocycles. The minimum atomic E-state index is -0.320. The fourth-order valence-corrected chi connectivity index (χ4v) is 1.02. The van der Waals surface area contributed by atoms with E-state index in [0.717, 1.165) is 11.0 Å². The van der Waals surface area contributed by atoms with Gasteiger partial charge in [-0.2, -0.15) is 5.10 Å². The van der Waals surface area contributed by atoms with Crippen molar-refractivity contribution in [3.63, 3.8) is 0 Å². The van der Waals surface area contributed by atoms with Crippen molar-refractivity contribution in [3.8, 4) is 0 Å². The number of rotatable bonds is 2. The standard InChI is InChI=1S/C8H9N5/c1-2-5(9)8-10-3-7-6(12-8)4-11-13-7/h2-5H,1,9H2,(H,11,13). The number of fused-ring (bicyclic) bond motifs is 1. The summed E-state index contributed by atoms with van der Waals surface area (Å²) in [6.07, 6.45) is 4.89. The Bertz CT molecular complexity index is 433. The van der Waals surface area contributed by atoms with E-state index >= 15 is 0 Å². The maximum atomic E-state index is 5.68. The van der Waals surface area contributed by atoms with Crippen molar-refractivity contribution in [3.05, 3.63) is 30.9 Å². The van der Waals surface area contributed by atoms with E-state index in [1.165, 1.54) is 0 Å². The summed E-state index contributed by atoms with van der Waals surface area (Å²) in [5.41, 5.74) is 7.25. The second kappa shape index (κ2) is 2.95. The van der Waals surface area contributed by atoms with E-state index in [0.29, 0.717) is 5.82 Å². The third kappa shape index (κ3) is 1.29. The summed E-state index contributed by atoms with van der Waals surface area (Å²) in [4.78, 5) is 8.28. The first-order chi connectivity index (χ1) is 6.31. The van der Waals surface area contributed by atoms with Gasteiger partial charge in [-0.25, -0.2) is 9.97 Å². The minimum absolute atomic E-state index is 0.320. The molecule has 66 valence electrons. The number of nitrogens with zero attached hydrogens (tertiary/aromatic N) is 3. The molecule has 13 heavy (non-hydrogen) atoms. The largest absolute Gasteiger partial charge is 0.318 e. The lowest BCUT2D eigenvalue weighted by Crippen LogP contribution is -2.10. The molecule has 2 heterocycles. The minimum Gasteiger partial charge on any atom is -0.318 e. The summed E-state index contributed by atoms with van der Waals surface area (Å²) in [6, 6.07) is -0.320. The van der Waals surface area contributed by atoms with Crippen LogP contribution >= 0.6 is 0 Å². The summed E-state index contributed by atoms with van der Waals surface area (Å²) in [6.45, 7) is 3.58. The zero-order valence-corrected chi connectivity index (χ0v) is 6.94. The molecule has 5 heteroatoms. The molecule has 0 fully saturated rings. The monoisotopic (exact) mass is 175 g/mol. The van der Waals surface area contributed by atoms with Gasteiger partial charge in [-0.05, 0) is 0 Å². The molecule has 0 saturated heterocycles. The lowest BCUT2D eigenvalue weighted by molar-refractivity contribution is 0.819. The summed E-state index contributed by atoms with van der Waals surface area (Å²) in [7, 11) is 0. The van der Waals surface area contributed by atoms with Gasteiger partial charge < -0.3 is 5.73 Å². The van der Waals surface area contributed by atoms with Gasteiger partial charge in [0.2, 0.25) is 0 Å². The Morgan fingerprint density at radius 2 is 2.38 bits per heavy atom. The molecule has 0 spiro atoms. The van der Waals surface area contributed by atoms with Gasteiger partial charge in [0.25, 0.3) is 0 Å². The highest BCUT2D eigenvalue weighted by Gasteiger charge is 2.06. The third-order valence-electron chi connectivity index (χ3n) is 1.76. The highest BCUT2D eigenvalue weighted by molar-refractivity contribution is 5.71. The molecule has 0 aliphatic heterocycles. The quantitative estimate of drug-likeness (QED) is 0.653. The maximum absolute atomic E-state index is 5.68. The fraction of sp³-hybridized carbons (Fsp3) is 0.125. The number of hydrogen-bond acceptors (Lipinski definition) is 4. The van der Waals surface area contributed by atoms with Crippen LogP contribution in [-0.4, -0.2) is 20.2 Å². The van der Waals surface area contributed by atoms with Crippen molar-refractivity contribution in [2.75, 3.05) is 0 Å². The van der Waals surface area contributed by atoms with E-state index < -0.39 is 0 Å². The van der Waals surface area contributed by atoms with Crippen LogP contribution in [0.1, 0.15) is 11.9 Å². The highest BCUT2D eigenvalue weighted by Crippen LogP contribution is 2.09. The molecule has 0 aliphatic rings. The summed E-state index contributed by atoms with van der Waals surface area (Å²) >= 11 is 0. The molecule has 5 nitrogen and oxygen atoms in total. The van der Waals surface area contributed by atoms with E-state index in [2.05, 4.69) is 26.7 Å². The third-order valence-corrected chi connectivity index (χ3v) is 1.76. The fourth-order valence-electron chi connectivity index (χ4n) is 1.02. The average Bonchev–Trinajstić information content (AvgIpc) is 2.63. The van der Waals surface area contributed by atoms with Crippen molar-refractivity contribution in [2.24, 2.45) is 5.73 Å². The highest BCUT2D eigenvalue weighted by atomic mass is 15.1. The predicted octanol–water partition coefficient (Wildman–Crippen LogP) is 0.539. The van der Waals surface area contributed by atoms with Crippen LogP contribution in [0.5, 0.6) is 0 Å². The first-order valence-corrected chi connectivity index (χ1v) is 3.85. The topological polar surface area (TPSA) is 80.5 Å². The molecule has 1 atom stereocenters. The summed E-state index contributed by atoms with van der Waals surface area (Å²) in [5.74, 6) is 0.559. The molecule has 1 unspecified atom stereocenters. The first kappa shape index (κ1) is 7.88. The van der Waals surface area contributed by atoms with E-state index in [9.17, 15) is 0 Å². The van der Waals surface area contributed by atoms with Crippen LogP contribution in [0.3, 0.4) is 0 Å². The SMILES string of the molecule is C=CC(N)c1ncc2[nH]ncc2n1. The van der Waals surface area contributed by atoms with Crippen LogP contribution in [0, 0.1) is 0 Å². The number of nitrogens with two attached hydrogens (primary N) is 1. The Hall–Kier alpha value is -1.75. The number of hydrogen-bond donors (Lipinski definition) is 2. The summed E-state index contributed by atoms with van der Waals surface area (Å²) < 4.78 is 0. The molecule has 0 saturated carbocycles. The molecule has 2 aromatic heterocycles. The zero-order valence-electron chi connectivity index (χ0n) is 6.94. The zero-order chi connectivity index (χ0) is 9.26. The Kier molecular flexibility index (Phi) is 1.79. The van der Waals surface area contributed by atoms with Gasteiger partial charge in [-0.1, -0.05) is 6.08 Å².